The minimum atomic E-state index is 0.0854. The van der Waals surface area contributed by atoms with Crippen molar-refractivity contribution in [2.24, 2.45) is 0 Å². The fraction of sp³-hybridized carbons (Fsp3) is 0.667. The van der Waals surface area contributed by atoms with Crippen LogP contribution in [0.5, 0.6) is 5.75 Å². The van der Waals surface area contributed by atoms with Crippen molar-refractivity contribution in [2.45, 2.75) is 79.1 Å². The Balaban J connectivity index is 3.84. The molecule has 0 heterocycles. The predicted octanol–water partition coefficient (Wildman–Crippen LogP) is 4.87. The third kappa shape index (κ3) is 3.41. The molecule has 0 bridgehead atoms. The normalized spacial score (nSPS) is 12.6. The number of hydrogen-bond donors (Lipinski definition) is 0. The van der Waals surface area contributed by atoms with Crippen molar-refractivity contribution >= 4 is 16.6 Å². The molecule has 1 aromatic rings. The molecule has 2 heteroatoms. The molecule has 110 valence electrons. The highest BCUT2D eigenvalue weighted by Crippen LogP contribution is 2.43. The van der Waals surface area contributed by atoms with Gasteiger partial charge in [0.1, 0.15) is 0 Å². The lowest BCUT2D eigenvalue weighted by Crippen LogP contribution is -2.22. The van der Waals surface area contributed by atoms with E-state index >= 15 is 0 Å². The zero-order valence-electron chi connectivity index (χ0n) is 14.5. The van der Waals surface area contributed by atoms with Gasteiger partial charge in [0.25, 0.3) is 0 Å². The second kappa shape index (κ2) is 6.12. The Hall–Kier alpha value is -0.448. The van der Waals surface area contributed by atoms with Crippen LogP contribution in [-0.2, 0) is 23.7 Å². The minimum Gasteiger partial charge on any atom is -0.653 e. The molecule has 0 aliphatic carbocycles. The average Bonchev–Trinajstić information content (AvgIpc) is 2.33. The van der Waals surface area contributed by atoms with Crippen molar-refractivity contribution in [3.8, 4) is 5.75 Å². The second-order valence-corrected chi connectivity index (χ2v) is 7.83. The van der Waals surface area contributed by atoms with E-state index in [2.05, 4.69) is 78.1 Å². The van der Waals surface area contributed by atoms with E-state index in [1.807, 2.05) is 0 Å². The molecule has 1 nitrogen and oxygen atoms in total. The summed E-state index contributed by atoms with van der Waals surface area (Å²) in [5.74, 6) is 1.06. The monoisotopic (exact) mass is 288 g/mol. The molecule has 0 aromatic heterocycles. The first-order valence-corrected chi connectivity index (χ1v) is 8.11. The molecule has 0 fully saturated rings. The molecule has 0 saturated carbocycles. The Labute approximate surface area is 133 Å². The first-order chi connectivity index (χ1) is 9.07. The number of aryl methyl sites for hydroxylation is 1. The maximum Gasteiger partial charge on any atom is 0.482 e. The fourth-order valence-corrected chi connectivity index (χ4v) is 3.20. The van der Waals surface area contributed by atoms with Crippen LogP contribution in [0.2, 0.25) is 0 Å². The first kappa shape index (κ1) is 17.6. The molecular weight excluding hydrogens is 259 g/mol. The molecule has 0 aliphatic rings. The summed E-state index contributed by atoms with van der Waals surface area (Å²) >= 11 is 2.45. The number of benzene rings is 1. The molecular formula is C18H29AlO. The summed E-state index contributed by atoms with van der Waals surface area (Å²) in [6.45, 7) is 18.1. The summed E-state index contributed by atoms with van der Waals surface area (Å²) in [4.78, 5) is 0. The SMILES string of the molecule is CCc1cc(C(C)(C)C)c([O][Al])c(C(C)(C)C)c1CC. The summed E-state index contributed by atoms with van der Waals surface area (Å²) in [5.41, 5.74) is 5.79. The maximum absolute atomic E-state index is 5.79. The van der Waals surface area contributed by atoms with Crippen LogP contribution in [0.15, 0.2) is 6.07 Å². The zero-order chi connectivity index (χ0) is 15.7. The lowest BCUT2D eigenvalue weighted by molar-refractivity contribution is 0.495. The highest BCUT2D eigenvalue weighted by atomic mass is 27.1. The summed E-state index contributed by atoms with van der Waals surface area (Å²) < 4.78 is 5.79. The van der Waals surface area contributed by atoms with Gasteiger partial charge in [0.15, 0.2) is 0 Å². The summed E-state index contributed by atoms with van der Waals surface area (Å²) in [7, 11) is 0. The van der Waals surface area contributed by atoms with Gasteiger partial charge >= 0.3 is 16.6 Å². The molecule has 0 spiro atoms. The van der Waals surface area contributed by atoms with Crippen LogP contribution >= 0.6 is 0 Å². The van der Waals surface area contributed by atoms with E-state index < -0.39 is 0 Å². The van der Waals surface area contributed by atoms with Crippen molar-refractivity contribution in [3.63, 3.8) is 0 Å². The molecule has 0 amide bonds. The van der Waals surface area contributed by atoms with Crippen LogP contribution in [-0.4, -0.2) is 16.6 Å². The molecule has 2 radical (unpaired) electrons. The van der Waals surface area contributed by atoms with Crippen LogP contribution in [0.1, 0.15) is 77.6 Å². The Morgan fingerprint density at radius 1 is 0.950 bits per heavy atom. The Kier molecular flexibility index (Phi) is 5.39. The summed E-state index contributed by atoms with van der Waals surface area (Å²) in [6, 6.07) is 2.35. The molecule has 1 rings (SSSR count). The van der Waals surface area contributed by atoms with Gasteiger partial charge in [-0.05, 0) is 45.9 Å². The van der Waals surface area contributed by atoms with Crippen molar-refractivity contribution in [1.29, 1.82) is 0 Å². The quantitative estimate of drug-likeness (QED) is 0.721. The molecule has 0 aliphatic heterocycles. The van der Waals surface area contributed by atoms with E-state index in [-0.39, 0.29) is 10.8 Å². The Morgan fingerprint density at radius 2 is 1.50 bits per heavy atom. The highest BCUT2D eigenvalue weighted by Gasteiger charge is 2.29. The third-order valence-electron chi connectivity index (χ3n) is 3.89. The van der Waals surface area contributed by atoms with Crippen molar-refractivity contribution in [1.82, 2.24) is 0 Å². The van der Waals surface area contributed by atoms with Gasteiger partial charge in [-0.3, -0.25) is 0 Å². The average molecular weight is 288 g/mol. The van der Waals surface area contributed by atoms with Crippen LogP contribution in [0.4, 0.5) is 0 Å². The number of rotatable bonds is 3. The van der Waals surface area contributed by atoms with Crippen LogP contribution in [0.3, 0.4) is 0 Å². The Bertz CT molecular complexity index is 476. The largest absolute Gasteiger partial charge is 0.653 e. The maximum atomic E-state index is 5.79. The van der Waals surface area contributed by atoms with E-state index in [9.17, 15) is 0 Å². The molecule has 0 unspecified atom stereocenters. The van der Waals surface area contributed by atoms with E-state index in [0.717, 1.165) is 18.6 Å². The van der Waals surface area contributed by atoms with Crippen LogP contribution < -0.4 is 3.79 Å². The first-order valence-electron chi connectivity index (χ1n) is 7.64. The van der Waals surface area contributed by atoms with Gasteiger partial charge < -0.3 is 3.79 Å². The summed E-state index contributed by atoms with van der Waals surface area (Å²) in [5, 5.41) is 0. The summed E-state index contributed by atoms with van der Waals surface area (Å²) in [6.07, 6.45) is 2.13. The van der Waals surface area contributed by atoms with Gasteiger partial charge in [-0.25, -0.2) is 0 Å². The third-order valence-corrected chi connectivity index (χ3v) is 4.13. The van der Waals surface area contributed by atoms with Gasteiger partial charge in [0.05, 0.1) is 5.75 Å². The van der Waals surface area contributed by atoms with Crippen molar-refractivity contribution < 1.29 is 3.79 Å². The van der Waals surface area contributed by atoms with E-state index in [0.29, 0.717) is 0 Å². The van der Waals surface area contributed by atoms with Crippen LogP contribution in [0, 0.1) is 0 Å². The van der Waals surface area contributed by atoms with E-state index in [1.165, 1.54) is 22.3 Å². The zero-order valence-corrected chi connectivity index (χ0v) is 15.6. The van der Waals surface area contributed by atoms with E-state index in [4.69, 9.17) is 3.79 Å². The van der Waals surface area contributed by atoms with Crippen molar-refractivity contribution in [3.05, 3.63) is 28.3 Å². The van der Waals surface area contributed by atoms with Gasteiger partial charge in [-0.15, -0.1) is 0 Å². The second-order valence-electron chi connectivity index (χ2n) is 7.59. The fourth-order valence-electron chi connectivity index (χ4n) is 2.95. The molecule has 0 N–H and O–H groups in total. The smallest absolute Gasteiger partial charge is 0.482 e. The molecule has 0 atom stereocenters. The standard InChI is InChI=1S/C18H30O.Al/c1-9-12-11-14(17(3,4)5)16(19)15(13(12)10-2)18(6,7)8;/h11,19H,9-10H2,1-8H3;/q;+1/p-1. The van der Waals surface area contributed by atoms with Gasteiger partial charge in [0.2, 0.25) is 0 Å². The van der Waals surface area contributed by atoms with Crippen molar-refractivity contribution in [2.75, 3.05) is 0 Å². The van der Waals surface area contributed by atoms with Gasteiger partial charge in [0, 0.05) is 0 Å². The lowest BCUT2D eigenvalue weighted by atomic mass is 9.75. The van der Waals surface area contributed by atoms with Gasteiger partial charge in [-0.2, -0.15) is 0 Å². The molecule has 1 aromatic carbocycles. The lowest BCUT2D eigenvalue weighted by Gasteiger charge is -2.33. The highest BCUT2D eigenvalue weighted by molar-refractivity contribution is 6.00. The predicted molar refractivity (Wildman–Crippen MR) is 89.0 cm³/mol. The van der Waals surface area contributed by atoms with E-state index in [1.54, 1.807) is 0 Å². The Morgan fingerprint density at radius 3 is 1.80 bits per heavy atom. The molecule has 20 heavy (non-hydrogen) atoms. The number of hydrogen-bond acceptors (Lipinski definition) is 1. The topological polar surface area (TPSA) is 9.23 Å². The molecule has 0 saturated heterocycles. The minimum absolute atomic E-state index is 0.0854. The van der Waals surface area contributed by atoms with Gasteiger partial charge in [-0.1, -0.05) is 61.5 Å². The van der Waals surface area contributed by atoms with Crippen LogP contribution in [0.25, 0.3) is 0 Å².